The molecule has 3 aromatic carbocycles. The van der Waals surface area contributed by atoms with E-state index in [0.717, 1.165) is 27.2 Å². The summed E-state index contributed by atoms with van der Waals surface area (Å²) in [4.78, 5) is 12.5. The van der Waals surface area contributed by atoms with Crippen molar-refractivity contribution in [3.63, 3.8) is 0 Å². The Balaban J connectivity index is 1.48. The van der Waals surface area contributed by atoms with Gasteiger partial charge in [0.15, 0.2) is 11.0 Å². The van der Waals surface area contributed by atoms with Gasteiger partial charge in [-0.05, 0) is 61.0 Å². The van der Waals surface area contributed by atoms with Crippen LogP contribution in [0.3, 0.4) is 0 Å². The van der Waals surface area contributed by atoms with Gasteiger partial charge in [0.1, 0.15) is 0 Å². The molecule has 6 nitrogen and oxygen atoms in total. The molecule has 0 saturated carbocycles. The van der Waals surface area contributed by atoms with E-state index in [1.54, 1.807) is 6.07 Å². The predicted octanol–water partition coefficient (Wildman–Crippen LogP) is 6.33. The molecule has 33 heavy (non-hydrogen) atoms. The second kappa shape index (κ2) is 10.9. The lowest BCUT2D eigenvalue weighted by Crippen LogP contribution is -2.15. The number of hydrogen-bond acceptors (Lipinski definition) is 5. The third-order valence-electron chi connectivity index (χ3n) is 4.80. The van der Waals surface area contributed by atoms with Gasteiger partial charge in [-0.2, -0.15) is 0 Å². The summed E-state index contributed by atoms with van der Waals surface area (Å²) in [6, 6.07) is 23.3. The van der Waals surface area contributed by atoms with Crippen molar-refractivity contribution in [1.29, 1.82) is 0 Å². The molecule has 1 heterocycles. The summed E-state index contributed by atoms with van der Waals surface area (Å²) in [7, 11) is 0. The monoisotopic (exact) mass is 541 g/mol. The summed E-state index contributed by atoms with van der Waals surface area (Å²) in [5.74, 6) is 0.797. The van der Waals surface area contributed by atoms with E-state index in [2.05, 4.69) is 36.8 Å². The average molecular weight is 543 g/mol. The molecule has 4 aromatic rings. The number of rotatable bonds is 8. The fourth-order valence-electron chi connectivity index (χ4n) is 3.09. The van der Waals surface area contributed by atoms with Crippen LogP contribution in [0.4, 0.5) is 11.4 Å². The van der Waals surface area contributed by atoms with Crippen LogP contribution < -0.4 is 10.6 Å². The topological polar surface area (TPSA) is 71.8 Å². The molecule has 0 spiro atoms. The number of aryl methyl sites for hydroxylation is 1. The fourth-order valence-corrected chi connectivity index (χ4v) is 4.31. The molecule has 0 aliphatic rings. The van der Waals surface area contributed by atoms with Crippen molar-refractivity contribution < 1.29 is 4.79 Å². The second-order valence-electron chi connectivity index (χ2n) is 7.23. The highest BCUT2D eigenvalue weighted by molar-refractivity contribution is 9.10. The van der Waals surface area contributed by atoms with E-state index in [1.807, 2.05) is 78.2 Å². The summed E-state index contributed by atoms with van der Waals surface area (Å²) in [5, 5.41) is 16.2. The van der Waals surface area contributed by atoms with Crippen molar-refractivity contribution in [3.8, 4) is 5.69 Å². The maximum atomic E-state index is 12.5. The van der Waals surface area contributed by atoms with Crippen LogP contribution in [-0.4, -0.2) is 26.4 Å². The number of nitrogens with zero attached hydrogens (tertiary/aromatic N) is 3. The first-order chi connectivity index (χ1) is 16.0. The maximum absolute atomic E-state index is 12.5. The van der Waals surface area contributed by atoms with E-state index in [-0.39, 0.29) is 11.7 Å². The molecule has 9 heteroatoms. The van der Waals surface area contributed by atoms with Gasteiger partial charge in [-0.3, -0.25) is 9.36 Å². The summed E-state index contributed by atoms with van der Waals surface area (Å²) in [6.45, 7) is 2.40. The lowest BCUT2D eigenvalue weighted by Gasteiger charge is -2.12. The Morgan fingerprint density at radius 3 is 2.48 bits per heavy atom. The number of amides is 1. The fraction of sp³-hybridized carbons (Fsp3) is 0.125. The number of hydrogen-bond donors (Lipinski definition) is 2. The van der Waals surface area contributed by atoms with Crippen molar-refractivity contribution >= 4 is 56.6 Å². The molecule has 0 fully saturated rings. The zero-order valence-electron chi connectivity index (χ0n) is 17.8. The van der Waals surface area contributed by atoms with E-state index in [4.69, 9.17) is 11.6 Å². The second-order valence-corrected chi connectivity index (χ2v) is 9.50. The van der Waals surface area contributed by atoms with E-state index in [0.29, 0.717) is 22.4 Å². The van der Waals surface area contributed by atoms with Crippen molar-refractivity contribution in [2.45, 2.75) is 18.6 Å². The smallest absolute Gasteiger partial charge is 0.234 e. The van der Waals surface area contributed by atoms with Crippen LogP contribution in [0.5, 0.6) is 0 Å². The van der Waals surface area contributed by atoms with Gasteiger partial charge in [-0.25, -0.2) is 0 Å². The molecular formula is C24H21BrClN5OS. The van der Waals surface area contributed by atoms with Crippen LogP contribution in [0, 0.1) is 6.92 Å². The van der Waals surface area contributed by atoms with E-state index >= 15 is 0 Å². The van der Waals surface area contributed by atoms with E-state index in [1.165, 1.54) is 11.8 Å². The van der Waals surface area contributed by atoms with Gasteiger partial charge >= 0.3 is 0 Å². The zero-order valence-corrected chi connectivity index (χ0v) is 20.9. The van der Waals surface area contributed by atoms with Crippen LogP contribution in [0.15, 0.2) is 82.4 Å². The molecule has 0 atom stereocenters. The molecule has 0 bridgehead atoms. The minimum absolute atomic E-state index is 0.142. The Bertz CT molecular complexity index is 1250. The number of halogens is 2. The molecule has 0 radical (unpaired) electrons. The molecular weight excluding hydrogens is 522 g/mol. The van der Waals surface area contributed by atoms with Gasteiger partial charge in [-0.1, -0.05) is 63.6 Å². The van der Waals surface area contributed by atoms with E-state index in [9.17, 15) is 4.79 Å². The first kappa shape index (κ1) is 23.4. The summed E-state index contributed by atoms with van der Waals surface area (Å²) < 4.78 is 2.98. The lowest BCUT2D eigenvalue weighted by atomic mass is 10.2. The molecule has 1 amide bonds. The van der Waals surface area contributed by atoms with Crippen LogP contribution in [-0.2, 0) is 11.3 Å². The highest BCUT2D eigenvalue weighted by Crippen LogP contribution is 2.24. The number of benzene rings is 3. The van der Waals surface area contributed by atoms with Crippen LogP contribution in [0.1, 0.15) is 11.4 Å². The van der Waals surface area contributed by atoms with Gasteiger partial charge in [0, 0.05) is 26.6 Å². The molecule has 4 rings (SSSR count). The van der Waals surface area contributed by atoms with Crippen molar-refractivity contribution in [2.75, 3.05) is 16.4 Å². The first-order valence-corrected chi connectivity index (χ1v) is 12.3. The number of thioether (sulfide) groups is 1. The summed E-state index contributed by atoms with van der Waals surface area (Å²) in [5.41, 5.74) is 3.54. The molecule has 0 aliphatic carbocycles. The number of aromatic nitrogens is 3. The maximum Gasteiger partial charge on any atom is 0.234 e. The normalized spacial score (nSPS) is 10.8. The number of carbonyl (C=O) groups is 1. The first-order valence-electron chi connectivity index (χ1n) is 10.2. The van der Waals surface area contributed by atoms with Gasteiger partial charge in [0.25, 0.3) is 0 Å². The SMILES string of the molecule is Cc1ccc(NC(=O)CSc2nnc(CNc3ccc(Br)cc3)n2-c2ccccc2)cc1Cl. The van der Waals surface area contributed by atoms with Gasteiger partial charge in [-0.15, -0.1) is 10.2 Å². The predicted molar refractivity (Wildman–Crippen MR) is 138 cm³/mol. The molecule has 0 unspecified atom stereocenters. The number of carbonyl (C=O) groups excluding carboxylic acids is 1. The van der Waals surface area contributed by atoms with Crippen LogP contribution in [0.2, 0.25) is 5.02 Å². The lowest BCUT2D eigenvalue weighted by molar-refractivity contribution is -0.113. The highest BCUT2D eigenvalue weighted by atomic mass is 79.9. The largest absolute Gasteiger partial charge is 0.378 e. The Labute approximate surface area is 209 Å². The Morgan fingerprint density at radius 2 is 1.76 bits per heavy atom. The molecule has 2 N–H and O–H groups in total. The quantitative estimate of drug-likeness (QED) is 0.254. The molecule has 0 saturated heterocycles. The molecule has 168 valence electrons. The zero-order chi connectivity index (χ0) is 23.2. The van der Waals surface area contributed by atoms with Crippen molar-refractivity contribution in [2.24, 2.45) is 0 Å². The minimum Gasteiger partial charge on any atom is -0.378 e. The van der Waals surface area contributed by atoms with Gasteiger partial charge in [0.2, 0.25) is 5.91 Å². The summed E-state index contributed by atoms with van der Waals surface area (Å²) in [6.07, 6.45) is 0. The Hall–Kier alpha value is -2.81. The van der Waals surface area contributed by atoms with Crippen LogP contribution in [0.25, 0.3) is 5.69 Å². The third-order valence-corrected chi connectivity index (χ3v) is 6.66. The van der Waals surface area contributed by atoms with Crippen molar-refractivity contribution in [3.05, 3.63) is 93.7 Å². The number of nitrogens with one attached hydrogen (secondary N) is 2. The Morgan fingerprint density at radius 1 is 1.03 bits per heavy atom. The number of anilines is 2. The summed E-state index contributed by atoms with van der Waals surface area (Å²) >= 11 is 10.9. The van der Waals surface area contributed by atoms with Crippen molar-refractivity contribution in [1.82, 2.24) is 14.8 Å². The van der Waals surface area contributed by atoms with Gasteiger partial charge < -0.3 is 10.6 Å². The molecule has 0 aliphatic heterocycles. The average Bonchev–Trinajstić information content (AvgIpc) is 3.23. The van der Waals surface area contributed by atoms with E-state index < -0.39 is 0 Å². The Kier molecular flexibility index (Phi) is 7.69. The molecule has 1 aromatic heterocycles. The number of para-hydroxylation sites is 1. The van der Waals surface area contributed by atoms with Crippen LogP contribution >= 0.6 is 39.3 Å². The standard InChI is InChI=1S/C24H21BrClN5OS/c1-16-7-10-19(13-21(16)26)28-23(32)15-33-24-30-29-22(31(24)20-5-3-2-4-6-20)14-27-18-11-8-17(25)9-12-18/h2-13,27H,14-15H2,1H3,(H,28,32). The highest BCUT2D eigenvalue weighted by Gasteiger charge is 2.16. The van der Waals surface area contributed by atoms with Gasteiger partial charge in [0.05, 0.1) is 12.3 Å². The minimum atomic E-state index is -0.142. The third kappa shape index (κ3) is 6.16.